The smallest absolute Gasteiger partial charge is 0.282 e. The molecule has 0 fully saturated rings. The quantitative estimate of drug-likeness (QED) is 0.609. The second kappa shape index (κ2) is 5.99. The summed E-state index contributed by atoms with van der Waals surface area (Å²) >= 11 is 0. The first kappa shape index (κ1) is 11.4. The average molecular weight is 170 g/mol. The molecular weight excluding hydrogens is 152 g/mol. The Morgan fingerprint density at radius 1 is 1.50 bits per heavy atom. The third-order valence-electron chi connectivity index (χ3n) is 2.00. The van der Waals surface area contributed by atoms with Crippen LogP contribution in [-0.2, 0) is 0 Å². The van der Waals surface area contributed by atoms with E-state index in [1.54, 1.807) is 6.92 Å². The molecule has 0 amide bonds. The Bertz CT molecular complexity index is 151. The SMILES string of the molecule is [C-]#[N+][C@H](NCCC)[C@@H](C)[C@H](C)O. The maximum Gasteiger partial charge on any atom is 0.282 e. The molecule has 3 atom stereocenters. The summed E-state index contributed by atoms with van der Waals surface area (Å²) in [6.07, 6.45) is 0.344. The van der Waals surface area contributed by atoms with Gasteiger partial charge in [-0.05, 0) is 13.3 Å². The van der Waals surface area contributed by atoms with E-state index >= 15 is 0 Å². The highest BCUT2D eigenvalue weighted by atomic mass is 16.3. The van der Waals surface area contributed by atoms with Gasteiger partial charge in [-0.3, -0.25) is 4.85 Å². The van der Waals surface area contributed by atoms with Gasteiger partial charge < -0.3 is 5.11 Å². The molecule has 70 valence electrons. The summed E-state index contributed by atoms with van der Waals surface area (Å²) in [6.45, 7) is 13.4. The van der Waals surface area contributed by atoms with Crippen LogP contribution in [0.1, 0.15) is 27.2 Å². The van der Waals surface area contributed by atoms with E-state index in [-0.39, 0.29) is 12.1 Å². The molecule has 0 bridgehead atoms. The van der Waals surface area contributed by atoms with Gasteiger partial charge in [-0.25, -0.2) is 11.9 Å². The summed E-state index contributed by atoms with van der Waals surface area (Å²) in [5.74, 6) is -0.00551. The zero-order valence-corrected chi connectivity index (χ0v) is 8.04. The van der Waals surface area contributed by atoms with Crippen molar-refractivity contribution in [2.24, 2.45) is 5.92 Å². The molecule has 12 heavy (non-hydrogen) atoms. The molecule has 0 aliphatic rings. The predicted molar refractivity (Wildman–Crippen MR) is 49.5 cm³/mol. The van der Waals surface area contributed by atoms with Crippen LogP contribution in [0.3, 0.4) is 0 Å². The fourth-order valence-electron chi connectivity index (χ4n) is 0.905. The standard InChI is InChI=1S/C9H18N2O/c1-5-6-11-9(10-4)7(2)8(3)12/h7-9,11-12H,5-6H2,1-3H3/t7-,8-,9+/m0/s1. The highest BCUT2D eigenvalue weighted by molar-refractivity contribution is 4.83. The predicted octanol–water partition coefficient (Wildman–Crippen LogP) is 1.25. The normalized spacial score (nSPS) is 17.9. The molecule has 0 aromatic heterocycles. The van der Waals surface area contributed by atoms with Crippen LogP contribution in [-0.4, -0.2) is 23.9 Å². The Labute approximate surface area is 74.6 Å². The first-order valence-electron chi connectivity index (χ1n) is 4.41. The number of hydrogen-bond donors (Lipinski definition) is 2. The Kier molecular flexibility index (Phi) is 5.69. The van der Waals surface area contributed by atoms with Gasteiger partial charge >= 0.3 is 0 Å². The van der Waals surface area contributed by atoms with Crippen LogP contribution >= 0.6 is 0 Å². The molecule has 0 aromatic carbocycles. The van der Waals surface area contributed by atoms with Crippen molar-refractivity contribution in [3.63, 3.8) is 0 Å². The lowest BCUT2D eigenvalue weighted by Crippen LogP contribution is -2.37. The fraction of sp³-hybridized carbons (Fsp3) is 0.889. The highest BCUT2D eigenvalue weighted by Crippen LogP contribution is 2.09. The minimum atomic E-state index is -0.423. The number of nitrogens with one attached hydrogen (secondary N) is 1. The average Bonchev–Trinajstić information content (AvgIpc) is 2.05. The largest absolute Gasteiger partial charge is 0.393 e. The van der Waals surface area contributed by atoms with Gasteiger partial charge in [0, 0.05) is 6.54 Å². The van der Waals surface area contributed by atoms with E-state index in [1.807, 2.05) is 6.92 Å². The van der Waals surface area contributed by atoms with Crippen LogP contribution in [0.2, 0.25) is 0 Å². The third-order valence-corrected chi connectivity index (χ3v) is 2.00. The summed E-state index contributed by atoms with van der Waals surface area (Å²) < 4.78 is 0. The van der Waals surface area contributed by atoms with E-state index < -0.39 is 6.10 Å². The van der Waals surface area contributed by atoms with Crippen LogP contribution in [0.4, 0.5) is 0 Å². The zero-order valence-electron chi connectivity index (χ0n) is 8.04. The van der Waals surface area contributed by atoms with Crippen LogP contribution in [0.25, 0.3) is 4.85 Å². The van der Waals surface area contributed by atoms with Gasteiger partial charge in [0.15, 0.2) is 0 Å². The zero-order chi connectivity index (χ0) is 9.56. The van der Waals surface area contributed by atoms with Crippen molar-refractivity contribution in [3.05, 3.63) is 11.4 Å². The number of rotatable bonds is 5. The Balaban J connectivity index is 3.90. The van der Waals surface area contributed by atoms with Crippen LogP contribution in [0.15, 0.2) is 0 Å². The molecule has 0 unspecified atom stereocenters. The third kappa shape index (κ3) is 3.70. The monoisotopic (exact) mass is 170 g/mol. The summed E-state index contributed by atoms with van der Waals surface area (Å²) in [5.41, 5.74) is 0. The molecular formula is C9H18N2O. The van der Waals surface area contributed by atoms with Gasteiger partial charge in [-0.15, -0.1) is 0 Å². The Hall–Kier alpha value is -0.590. The number of hydrogen-bond acceptors (Lipinski definition) is 2. The molecule has 0 aliphatic heterocycles. The van der Waals surface area contributed by atoms with Crippen molar-refractivity contribution < 1.29 is 5.11 Å². The molecule has 3 nitrogen and oxygen atoms in total. The summed E-state index contributed by atoms with van der Waals surface area (Å²) in [5, 5.41) is 12.3. The van der Waals surface area contributed by atoms with Crippen LogP contribution in [0.5, 0.6) is 0 Å². The van der Waals surface area contributed by atoms with Gasteiger partial charge in [0.1, 0.15) is 0 Å². The van der Waals surface area contributed by atoms with E-state index in [1.165, 1.54) is 0 Å². The van der Waals surface area contributed by atoms with Gasteiger partial charge in [0.25, 0.3) is 6.17 Å². The van der Waals surface area contributed by atoms with Gasteiger partial charge in [0.2, 0.25) is 0 Å². The first-order chi connectivity index (χ1) is 5.63. The van der Waals surface area contributed by atoms with Crippen molar-refractivity contribution >= 4 is 0 Å². The molecule has 0 saturated heterocycles. The fourth-order valence-corrected chi connectivity index (χ4v) is 0.905. The molecule has 0 spiro atoms. The summed E-state index contributed by atoms with van der Waals surface area (Å²) in [4.78, 5) is 3.43. The first-order valence-corrected chi connectivity index (χ1v) is 4.41. The molecule has 3 heteroatoms. The summed E-state index contributed by atoms with van der Waals surface area (Å²) in [6, 6.07) is 0. The lowest BCUT2D eigenvalue weighted by molar-refractivity contribution is 0.120. The molecule has 0 heterocycles. The Morgan fingerprint density at radius 3 is 2.42 bits per heavy atom. The highest BCUT2D eigenvalue weighted by Gasteiger charge is 2.24. The number of aliphatic hydroxyl groups excluding tert-OH is 1. The van der Waals surface area contributed by atoms with Crippen LogP contribution < -0.4 is 5.32 Å². The molecule has 0 rings (SSSR count). The van der Waals surface area contributed by atoms with E-state index in [0.29, 0.717) is 0 Å². The maximum atomic E-state index is 9.24. The van der Waals surface area contributed by atoms with Crippen molar-refractivity contribution in [2.45, 2.75) is 39.5 Å². The minimum absolute atomic E-state index is 0.00551. The van der Waals surface area contributed by atoms with E-state index in [9.17, 15) is 5.11 Å². The van der Waals surface area contributed by atoms with Gasteiger partial charge in [0.05, 0.1) is 12.0 Å². The molecule has 0 aliphatic carbocycles. The van der Waals surface area contributed by atoms with Crippen molar-refractivity contribution in [1.29, 1.82) is 0 Å². The molecule has 0 aromatic rings. The number of aliphatic hydroxyl groups is 1. The second-order valence-electron chi connectivity index (χ2n) is 3.13. The van der Waals surface area contributed by atoms with E-state index in [2.05, 4.69) is 17.1 Å². The van der Waals surface area contributed by atoms with Crippen molar-refractivity contribution in [1.82, 2.24) is 5.32 Å². The lowest BCUT2D eigenvalue weighted by Gasteiger charge is -2.16. The second-order valence-corrected chi connectivity index (χ2v) is 3.13. The van der Waals surface area contributed by atoms with Crippen molar-refractivity contribution in [3.8, 4) is 0 Å². The van der Waals surface area contributed by atoms with Gasteiger partial charge in [-0.1, -0.05) is 13.8 Å². The maximum absolute atomic E-state index is 9.24. The van der Waals surface area contributed by atoms with E-state index in [0.717, 1.165) is 13.0 Å². The lowest BCUT2D eigenvalue weighted by atomic mass is 10.0. The summed E-state index contributed by atoms with van der Waals surface area (Å²) in [7, 11) is 0. The van der Waals surface area contributed by atoms with Gasteiger partial charge in [-0.2, -0.15) is 0 Å². The van der Waals surface area contributed by atoms with Crippen molar-refractivity contribution in [2.75, 3.05) is 6.54 Å². The number of nitrogens with zero attached hydrogens (tertiary/aromatic N) is 1. The minimum Gasteiger partial charge on any atom is -0.393 e. The topological polar surface area (TPSA) is 36.6 Å². The molecule has 2 N–H and O–H groups in total. The molecule has 0 radical (unpaired) electrons. The van der Waals surface area contributed by atoms with Crippen LogP contribution in [0, 0.1) is 12.5 Å². The molecule has 0 saturated carbocycles. The van der Waals surface area contributed by atoms with E-state index in [4.69, 9.17) is 6.57 Å². The Morgan fingerprint density at radius 2 is 2.08 bits per heavy atom.